The van der Waals surface area contributed by atoms with Crippen LogP contribution in [0.15, 0.2) is 77.3 Å². The number of anilines is 2. The number of aromatic carboxylic acids is 2. The predicted molar refractivity (Wildman–Crippen MR) is 157 cm³/mol. The minimum absolute atomic E-state index is 0.200. The normalized spacial score (nSPS) is 16.6. The molecule has 2 atom stereocenters. The summed E-state index contributed by atoms with van der Waals surface area (Å²) in [5.41, 5.74) is 1.33. The fourth-order valence-corrected chi connectivity index (χ4v) is 5.63. The Morgan fingerprint density at radius 2 is 1.76 bits per heavy atom. The molecule has 0 saturated carbocycles. The number of methoxy groups -OCH3 is 1. The Labute approximate surface area is 245 Å². The molecule has 42 heavy (non-hydrogen) atoms. The average molecular weight is 609 g/mol. The lowest BCUT2D eigenvalue weighted by atomic mass is 10.0. The number of furan rings is 1. The van der Waals surface area contributed by atoms with E-state index in [9.17, 15) is 28.2 Å². The Morgan fingerprint density at radius 1 is 1.05 bits per heavy atom. The lowest BCUT2D eigenvalue weighted by Crippen LogP contribution is -2.29. The van der Waals surface area contributed by atoms with E-state index in [1.54, 1.807) is 47.5 Å². The van der Waals surface area contributed by atoms with E-state index in [0.29, 0.717) is 22.3 Å². The van der Waals surface area contributed by atoms with Gasteiger partial charge in [0, 0.05) is 23.5 Å². The molecule has 5 rings (SSSR count). The van der Waals surface area contributed by atoms with Crippen molar-refractivity contribution in [3.05, 3.63) is 95.5 Å². The summed E-state index contributed by atoms with van der Waals surface area (Å²) in [6.45, 7) is 0. The van der Waals surface area contributed by atoms with Crippen LogP contribution in [0.4, 0.5) is 11.4 Å². The van der Waals surface area contributed by atoms with Gasteiger partial charge in [-0.05, 0) is 66.8 Å². The molecule has 12 nitrogen and oxygen atoms in total. The molecule has 0 aliphatic carbocycles. The summed E-state index contributed by atoms with van der Waals surface area (Å²) in [6, 6.07) is 16.3. The zero-order valence-electron chi connectivity index (χ0n) is 22.1. The molecule has 14 heteroatoms. The van der Waals surface area contributed by atoms with Gasteiger partial charge < -0.3 is 29.6 Å². The number of carbonyl (C=O) groups is 2. The van der Waals surface area contributed by atoms with E-state index in [0.717, 1.165) is 12.3 Å². The molecule has 0 spiro atoms. The highest BCUT2D eigenvalue weighted by atomic mass is 32.2. The molecule has 2 unspecified atom stereocenters. The van der Waals surface area contributed by atoms with Crippen LogP contribution in [0.2, 0.25) is 0 Å². The van der Waals surface area contributed by atoms with Crippen molar-refractivity contribution < 1.29 is 37.4 Å². The minimum atomic E-state index is -3.57. The second kappa shape index (κ2) is 11.1. The van der Waals surface area contributed by atoms with Crippen molar-refractivity contribution in [1.82, 2.24) is 10.3 Å². The molecule has 1 fully saturated rings. The molecular weight excluding hydrogens is 584 g/mol. The minimum Gasteiger partial charge on any atom is -0.494 e. The Morgan fingerprint density at radius 3 is 2.36 bits per heavy atom. The highest BCUT2D eigenvalue weighted by Gasteiger charge is 2.43. The Balaban J connectivity index is 1.61. The van der Waals surface area contributed by atoms with E-state index in [2.05, 4.69) is 15.0 Å². The lowest BCUT2D eigenvalue weighted by Gasteiger charge is -2.27. The number of sulfonamides is 1. The van der Waals surface area contributed by atoms with Gasteiger partial charge in [0.25, 0.3) is 0 Å². The van der Waals surface area contributed by atoms with E-state index < -0.39 is 34.0 Å². The van der Waals surface area contributed by atoms with Gasteiger partial charge in [0.15, 0.2) is 5.11 Å². The van der Waals surface area contributed by atoms with Crippen molar-refractivity contribution in [2.75, 3.05) is 23.0 Å². The van der Waals surface area contributed by atoms with E-state index >= 15 is 0 Å². The van der Waals surface area contributed by atoms with Gasteiger partial charge in [0.1, 0.15) is 23.3 Å². The summed E-state index contributed by atoms with van der Waals surface area (Å²) >= 11 is 5.73. The first kappa shape index (κ1) is 28.6. The molecule has 1 aliphatic rings. The smallest absolute Gasteiger partial charge is 0.335 e. The number of aromatic nitrogens is 1. The Hall–Kier alpha value is -4.95. The van der Waals surface area contributed by atoms with Crippen LogP contribution >= 0.6 is 12.2 Å². The van der Waals surface area contributed by atoms with Crippen molar-refractivity contribution >= 4 is 50.7 Å². The van der Waals surface area contributed by atoms with Crippen molar-refractivity contribution in [2.45, 2.75) is 12.1 Å². The predicted octanol–water partition coefficient (Wildman–Crippen LogP) is 4.30. The van der Waals surface area contributed by atoms with E-state index in [1.807, 2.05) is 12.1 Å². The fraction of sp³-hybridized carbons (Fsp3) is 0.143. The third kappa shape index (κ3) is 5.75. The molecule has 3 heterocycles. The van der Waals surface area contributed by atoms with Crippen molar-refractivity contribution in [3.8, 4) is 17.1 Å². The van der Waals surface area contributed by atoms with Crippen LogP contribution < -0.4 is 19.7 Å². The van der Waals surface area contributed by atoms with Crippen LogP contribution in [0.3, 0.4) is 0 Å². The largest absolute Gasteiger partial charge is 0.494 e. The molecule has 4 aromatic rings. The van der Waals surface area contributed by atoms with Gasteiger partial charge in [-0.3, -0.25) is 9.71 Å². The van der Waals surface area contributed by atoms with Gasteiger partial charge >= 0.3 is 11.9 Å². The number of carboxylic acid groups (broad SMARTS) is 2. The van der Waals surface area contributed by atoms with Gasteiger partial charge in [0.2, 0.25) is 10.0 Å². The van der Waals surface area contributed by atoms with E-state index in [1.165, 1.54) is 19.2 Å². The van der Waals surface area contributed by atoms with E-state index in [4.69, 9.17) is 21.4 Å². The monoisotopic (exact) mass is 608 g/mol. The maximum Gasteiger partial charge on any atom is 0.335 e. The summed E-state index contributed by atoms with van der Waals surface area (Å²) in [5.74, 6) is -1.63. The second-order valence-corrected chi connectivity index (χ2v) is 11.5. The third-order valence-electron chi connectivity index (χ3n) is 6.49. The highest BCUT2D eigenvalue weighted by molar-refractivity contribution is 7.92. The van der Waals surface area contributed by atoms with Crippen molar-refractivity contribution in [2.24, 2.45) is 0 Å². The molecular formula is C28H24N4O8S2. The number of thiocarbonyl (C=S) groups is 1. The maximum atomic E-state index is 11.8. The fourth-order valence-electron chi connectivity index (χ4n) is 4.72. The van der Waals surface area contributed by atoms with Gasteiger partial charge in [-0.2, -0.15) is 0 Å². The number of nitrogens with zero attached hydrogens (tertiary/aromatic N) is 2. The van der Waals surface area contributed by atoms with Crippen LogP contribution in [-0.4, -0.2) is 54.0 Å². The first-order chi connectivity index (χ1) is 19.9. The maximum absolute atomic E-state index is 11.8. The van der Waals surface area contributed by atoms with Crippen LogP contribution in [0.1, 0.15) is 44.3 Å². The van der Waals surface area contributed by atoms with Gasteiger partial charge in [-0.15, -0.1) is 0 Å². The Bertz CT molecular complexity index is 1780. The molecule has 4 N–H and O–H groups in total. The number of carboxylic acids is 2. The summed E-state index contributed by atoms with van der Waals surface area (Å²) in [7, 11) is -2.16. The first-order valence-electron chi connectivity index (χ1n) is 12.3. The average Bonchev–Trinajstić information content (AvgIpc) is 3.57. The molecule has 2 aromatic carbocycles. The molecule has 0 radical (unpaired) electrons. The molecule has 2 aromatic heterocycles. The van der Waals surface area contributed by atoms with Crippen molar-refractivity contribution in [1.29, 1.82) is 0 Å². The number of hydrogen-bond donors (Lipinski definition) is 4. The topological polar surface area (TPSA) is 171 Å². The van der Waals surface area contributed by atoms with Gasteiger partial charge in [-0.25, -0.2) is 18.0 Å². The van der Waals surface area contributed by atoms with Gasteiger partial charge in [0.05, 0.1) is 41.9 Å². The number of hydrogen-bond acceptors (Lipinski definition) is 8. The lowest BCUT2D eigenvalue weighted by molar-refractivity contribution is 0.0696. The summed E-state index contributed by atoms with van der Waals surface area (Å²) in [6.07, 6.45) is 2.68. The van der Waals surface area contributed by atoms with E-state index in [-0.39, 0.29) is 33.9 Å². The molecule has 0 amide bonds. The Kier molecular flexibility index (Phi) is 7.58. The summed E-state index contributed by atoms with van der Waals surface area (Å²) in [5, 5.41) is 22.6. The quantitative estimate of drug-likeness (QED) is 0.199. The molecule has 216 valence electrons. The molecule has 1 saturated heterocycles. The number of pyridine rings is 1. The zero-order valence-corrected chi connectivity index (χ0v) is 23.8. The number of ether oxygens (including phenoxy) is 1. The third-order valence-corrected chi connectivity index (χ3v) is 7.39. The van der Waals surface area contributed by atoms with Crippen molar-refractivity contribution in [3.63, 3.8) is 0 Å². The first-order valence-corrected chi connectivity index (χ1v) is 14.6. The zero-order chi connectivity index (χ0) is 30.2. The molecule has 1 aliphatic heterocycles. The summed E-state index contributed by atoms with van der Waals surface area (Å²) in [4.78, 5) is 29.6. The highest BCUT2D eigenvalue weighted by Crippen LogP contribution is 2.44. The van der Waals surface area contributed by atoms with Crippen LogP contribution in [0, 0.1) is 0 Å². The van der Waals surface area contributed by atoms with Crippen LogP contribution in [0.5, 0.6) is 5.75 Å². The van der Waals surface area contributed by atoms with Crippen LogP contribution in [-0.2, 0) is 10.0 Å². The second-order valence-electron chi connectivity index (χ2n) is 9.37. The summed E-state index contributed by atoms with van der Waals surface area (Å²) < 4.78 is 37.8. The van der Waals surface area contributed by atoms with Gasteiger partial charge in [-0.1, -0.05) is 6.07 Å². The number of rotatable bonds is 9. The van der Waals surface area contributed by atoms with Crippen LogP contribution in [0.25, 0.3) is 11.3 Å². The molecule has 0 bridgehead atoms. The standard InChI is InChI=1S/C28H24N4O8S2/c1-39-23-14-18(6-7-19(23)31-42(2,37)38)32-25(24(30-28(32)41)20-5-3-4-10-29-20)22-9-8-21(40-22)15-11-16(26(33)34)13-17(12-15)27(35)36/h3-14,24-25,31H,1-2H3,(H,30,41)(H,33,34)(H,35,36). The number of nitrogens with one attached hydrogen (secondary N) is 2. The number of benzene rings is 2. The SMILES string of the molecule is COc1cc(N2C(=S)NC(c3ccccn3)C2c2ccc(-c3cc(C(=O)O)cc(C(=O)O)c3)o2)ccc1NS(C)(=O)=O.